The highest BCUT2D eigenvalue weighted by Crippen LogP contribution is 2.19. The second kappa shape index (κ2) is 12.4. The average Bonchev–Trinajstić information content (AvgIpc) is 3.02. The summed E-state index contributed by atoms with van der Waals surface area (Å²) in [5.74, 6) is 1.30. The Balaban J connectivity index is 1.27. The van der Waals surface area contributed by atoms with Gasteiger partial charge in [-0.15, -0.1) is 0 Å². The van der Waals surface area contributed by atoms with Gasteiger partial charge in [-0.3, -0.25) is 9.59 Å². The van der Waals surface area contributed by atoms with E-state index in [0.717, 1.165) is 68.5 Å². The maximum absolute atomic E-state index is 12.8. The summed E-state index contributed by atoms with van der Waals surface area (Å²) in [4.78, 5) is 31.9. The van der Waals surface area contributed by atoms with Crippen LogP contribution in [0.2, 0.25) is 0 Å². The molecule has 0 atom stereocenters. The first kappa shape index (κ1) is 24.0. The molecule has 0 radical (unpaired) electrons. The Morgan fingerprint density at radius 2 is 1.59 bits per heavy atom. The van der Waals surface area contributed by atoms with Crippen LogP contribution >= 0.6 is 0 Å². The van der Waals surface area contributed by atoms with E-state index in [-0.39, 0.29) is 11.8 Å². The van der Waals surface area contributed by atoms with E-state index in [1.54, 1.807) is 0 Å². The minimum Gasteiger partial charge on any atom is -0.352 e. The lowest BCUT2D eigenvalue weighted by molar-refractivity contribution is -0.131. The number of hydrogen-bond acceptors (Lipinski definition) is 3. The number of rotatable bonds is 10. The van der Waals surface area contributed by atoms with Crippen molar-refractivity contribution in [1.29, 1.82) is 0 Å². The molecule has 4 rings (SSSR count). The van der Waals surface area contributed by atoms with E-state index in [0.29, 0.717) is 25.1 Å². The maximum Gasteiger partial charge on any atom is 0.251 e. The van der Waals surface area contributed by atoms with Crippen molar-refractivity contribution >= 4 is 22.8 Å². The first-order chi connectivity index (χ1) is 16.7. The number of para-hydroxylation sites is 2. The van der Waals surface area contributed by atoms with E-state index in [1.807, 2.05) is 48.5 Å². The smallest absolute Gasteiger partial charge is 0.251 e. The number of carbonyl (C=O) groups excluding carboxylic acids is 2. The van der Waals surface area contributed by atoms with Crippen LogP contribution in [0.1, 0.15) is 67.5 Å². The monoisotopic (exact) mass is 460 g/mol. The van der Waals surface area contributed by atoms with Crippen LogP contribution in [-0.4, -0.2) is 45.9 Å². The number of nitrogens with one attached hydrogen (secondary N) is 1. The molecular formula is C28H36N4O2. The quantitative estimate of drug-likeness (QED) is 0.434. The number of amides is 2. The molecule has 1 saturated heterocycles. The molecule has 6 heteroatoms. The Kier molecular flexibility index (Phi) is 8.71. The zero-order chi connectivity index (χ0) is 23.6. The summed E-state index contributed by atoms with van der Waals surface area (Å²) in [6.45, 7) is 3.15. The van der Waals surface area contributed by atoms with Crippen LogP contribution < -0.4 is 5.32 Å². The maximum atomic E-state index is 12.8. The summed E-state index contributed by atoms with van der Waals surface area (Å²) in [5, 5.41) is 3.00. The third-order valence-corrected chi connectivity index (χ3v) is 6.64. The number of unbranched alkanes of at least 4 members (excludes halogenated alkanes) is 2. The highest BCUT2D eigenvalue weighted by molar-refractivity contribution is 5.94. The first-order valence-corrected chi connectivity index (χ1v) is 12.8. The van der Waals surface area contributed by atoms with Gasteiger partial charge in [0.2, 0.25) is 5.91 Å². The van der Waals surface area contributed by atoms with Crippen molar-refractivity contribution < 1.29 is 9.59 Å². The fourth-order valence-corrected chi connectivity index (χ4v) is 4.73. The molecule has 180 valence electrons. The van der Waals surface area contributed by atoms with Crippen molar-refractivity contribution in [2.45, 2.75) is 64.3 Å². The number of benzene rings is 2. The molecule has 0 saturated carbocycles. The zero-order valence-corrected chi connectivity index (χ0v) is 20.0. The van der Waals surface area contributed by atoms with Crippen LogP contribution in [0, 0.1) is 0 Å². The molecule has 2 aromatic carbocycles. The Morgan fingerprint density at radius 3 is 2.38 bits per heavy atom. The van der Waals surface area contributed by atoms with Crippen molar-refractivity contribution in [3.8, 4) is 0 Å². The lowest BCUT2D eigenvalue weighted by Crippen LogP contribution is -2.32. The van der Waals surface area contributed by atoms with Gasteiger partial charge in [0.25, 0.3) is 5.91 Å². The van der Waals surface area contributed by atoms with Crippen molar-refractivity contribution in [2.75, 3.05) is 19.6 Å². The van der Waals surface area contributed by atoms with Crippen molar-refractivity contribution in [1.82, 2.24) is 19.8 Å². The fraction of sp³-hybridized carbons (Fsp3) is 0.464. The van der Waals surface area contributed by atoms with Crippen LogP contribution in [0.5, 0.6) is 0 Å². The fourth-order valence-electron chi connectivity index (χ4n) is 4.73. The molecule has 2 amide bonds. The summed E-state index contributed by atoms with van der Waals surface area (Å²) >= 11 is 0. The van der Waals surface area contributed by atoms with Gasteiger partial charge in [-0.25, -0.2) is 4.98 Å². The Morgan fingerprint density at radius 1 is 0.853 bits per heavy atom. The van der Waals surface area contributed by atoms with Gasteiger partial charge >= 0.3 is 0 Å². The molecule has 0 spiro atoms. The van der Waals surface area contributed by atoms with Crippen molar-refractivity contribution in [2.24, 2.45) is 0 Å². The molecular weight excluding hydrogens is 424 g/mol. The normalized spacial score (nSPS) is 14.2. The molecule has 1 aliphatic heterocycles. The number of fused-ring (bicyclic) bond motifs is 1. The van der Waals surface area contributed by atoms with Crippen molar-refractivity contribution in [3.05, 3.63) is 66.0 Å². The highest BCUT2D eigenvalue weighted by Gasteiger charge is 2.17. The molecule has 34 heavy (non-hydrogen) atoms. The second-order valence-corrected chi connectivity index (χ2v) is 9.15. The van der Waals surface area contributed by atoms with Gasteiger partial charge in [0.1, 0.15) is 5.82 Å². The predicted molar refractivity (Wildman–Crippen MR) is 136 cm³/mol. The summed E-state index contributed by atoms with van der Waals surface area (Å²) in [6, 6.07) is 17.5. The van der Waals surface area contributed by atoms with E-state index in [1.165, 1.54) is 12.8 Å². The van der Waals surface area contributed by atoms with E-state index < -0.39 is 0 Å². The predicted octanol–water partition coefficient (Wildman–Crippen LogP) is 4.97. The van der Waals surface area contributed by atoms with Gasteiger partial charge in [-0.2, -0.15) is 0 Å². The van der Waals surface area contributed by atoms with Gasteiger partial charge < -0.3 is 14.8 Å². The zero-order valence-electron chi connectivity index (χ0n) is 20.0. The molecule has 0 bridgehead atoms. The van der Waals surface area contributed by atoms with Crippen molar-refractivity contribution in [3.63, 3.8) is 0 Å². The van der Waals surface area contributed by atoms with E-state index in [9.17, 15) is 9.59 Å². The lowest BCUT2D eigenvalue weighted by Gasteiger charge is -2.20. The van der Waals surface area contributed by atoms with E-state index in [2.05, 4.69) is 20.9 Å². The molecule has 0 aliphatic carbocycles. The summed E-state index contributed by atoms with van der Waals surface area (Å²) < 4.78 is 2.24. The third-order valence-electron chi connectivity index (χ3n) is 6.64. The SMILES string of the molecule is O=C(NCCCCCc1nc2ccccc2n1CCC(=O)N1CCCCCC1)c1ccccc1. The van der Waals surface area contributed by atoms with Crippen LogP contribution in [0.15, 0.2) is 54.6 Å². The third kappa shape index (κ3) is 6.46. The molecule has 0 unspecified atom stereocenters. The topological polar surface area (TPSA) is 67.2 Å². The minimum absolute atomic E-state index is 0.0172. The number of imidazole rings is 1. The van der Waals surface area contributed by atoms with Gasteiger partial charge in [0.05, 0.1) is 11.0 Å². The molecule has 1 aromatic heterocycles. The summed E-state index contributed by atoms with van der Waals surface area (Å²) in [5.41, 5.74) is 2.80. The van der Waals surface area contributed by atoms with Gasteiger partial charge in [0, 0.05) is 44.6 Å². The number of carbonyl (C=O) groups is 2. The van der Waals surface area contributed by atoms with Crippen LogP contribution in [-0.2, 0) is 17.8 Å². The first-order valence-electron chi connectivity index (χ1n) is 12.8. The number of likely N-dealkylation sites (tertiary alicyclic amines) is 1. The Labute approximate surface area is 202 Å². The molecule has 1 N–H and O–H groups in total. The van der Waals surface area contributed by atoms with E-state index >= 15 is 0 Å². The van der Waals surface area contributed by atoms with Gasteiger partial charge in [-0.05, 0) is 49.9 Å². The van der Waals surface area contributed by atoms with Crippen LogP contribution in [0.3, 0.4) is 0 Å². The van der Waals surface area contributed by atoms with Crippen LogP contribution in [0.4, 0.5) is 0 Å². The number of aryl methyl sites for hydroxylation is 2. The Hall–Kier alpha value is -3.15. The number of aromatic nitrogens is 2. The largest absolute Gasteiger partial charge is 0.352 e. The standard InChI is InChI=1S/C28H36N4O2/c33-27(31-20-11-1-2-12-21-31)18-22-32-25-16-9-8-15-24(25)30-26(32)17-7-4-10-19-29-28(34)23-13-5-3-6-14-23/h3,5-6,8-9,13-16H,1-2,4,7,10-12,17-22H2,(H,29,34). The van der Waals surface area contributed by atoms with E-state index in [4.69, 9.17) is 4.98 Å². The number of nitrogens with zero attached hydrogens (tertiary/aromatic N) is 3. The van der Waals surface area contributed by atoms with Gasteiger partial charge in [-0.1, -0.05) is 49.6 Å². The average molecular weight is 461 g/mol. The number of hydrogen-bond donors (Lipinski definition) is 1. The summed E-state index contributed by atoms with van der Waals surface area (Å²) in [7, 11) is 0. The second-order valence-electron chi connectivity index (χ2n) is 9.15. The molecule has 3 aromatic rings. The van der Waals surface area contributed by atoms with Crippen LogP contribution in [0.25, 0.3) is 11.0 Å². The highest BCUT2D eigenvalue weighted by atomic mass is 16.2. The molecule has 2 heterocycles. The Bertz CT molecular complexity index is 1070. The minimum atomic E-state index is -0.0172. The summed E-state index contributed by atoms with van der Waals surface area (Å²) in [6.07, 6.45) is 9.07. The molecule has 6 nitrogen and oxygen atoms in total. The molecule has 1 fully saturated rings. The lowest BCUT2D eigenvalue weighted by atomic mass is 10.1. The van der Waals surface area contributed by atoms with Gasteiger partial charge in [0.15, 0.2) is 0 Å². The molecule has 1 aliphatic rings.